The summed E-state index contributed by atoms with van der Waals surface area (Å²) in [6.45, 7) is 4.43. The minimum Gasteiger partial charge on any atom is -0.269 e. The van der Waals surface area contributed by atoms with Gasteiger partial charge in [-0.1, -0.05) is 13.8 Å². The van der Waals surface area contributed by atoms with E-state index in [1.54, 1.807) is 0 Å². The first-order valence-corrected chi connectivity index (χ1v) is 3.55. The van der Waals surface area contributed by atoms with Crippen molar-refractivity contribution in [3.05, 3.63) is 11.8 Å². The third kappa shape index (κ3) is 1.41. The van der Waals surface area contributed by atoms with Crippen LogP contribution < -0.4 is 0 Å². The quantitative estimate of drug-likeness (QED) is 0.507. The highest BCUT2D eigenvalue weighted by atomic mass is 14.7. The molecule has 0 fully saturated rings. The predicted molar refractivity (Wildman–Crippen MR) is 40.6 cm³/mol. The number of allylic oxidation sites excluding steroid dienone is 1. The van der Waals surface area contributed by atoms with Crippen LogP contribution in [0.5, 0.6) is 0 Å². The fraction of sp³-hybridized carbons (Fsp3) is 0.625. The number of hydrogen-bond acceptors (Lipinski definition) is 1. The molecule has 0 bridgehead atoms. The minimum atomic E-state index is 0.729. The molecule has 0 N–H and O–H groups in total. The number of nitrogens with zero attached hydrogens (tertiary/aromatic N) is 1. The molecule has 0 radical (unpaired) electrons. The van der Waals surface area contributed by atoms with Crippen molar-refractivity contribution in [1.82, 2.24) is 0 Å². The number of aliphatic imine (C=N–C) groups is 1. The molecule has 0 spiro atoms. The van der Waals surface area contributed by atoms with Crippen LogP contribution in [0, 0.1) is 5.92 Å². The van der Waals surface area contributed by atoms with Crippen molar-refractivity contribution in [2.75, 3.05) is 0 Å². The van der Waals surface area contributed by atoms with Gasteiger partial charge in [-0.2, -0.15) is 0 Å². The van der Waals surface area contributed by atoms with Crippen LogP contribution in [0.2, 0.25) is 0 Å². The lowest BCUT2D eigenvalue weighted by molar-refractivity contribution is 0.680. The molecule has 1 heterocycles. The van der Waals surface area contributed by atoms with Crippen molar-refractivity contribution in [3.63, 3.8) is 0 Å². The van der Waals surface area contributed by atoms with E-state index in [1.807, 2.05) is 12.4 Å². The Morgan fingerprint density at radius 3 is 3.00 bits per heavy atom. The lowest BCUT2D eigenvalue weighted by Gasteiger charge is -2.13. The van der Waals surface area contributed by atoms with Gasteiger partial charge >= 0.3 is 0 Å². The van der Waals surface area contributed by atoms with Crippen LogP contribution in [-0.2, 0) is 0 Å². The fourth-order valence-corrected chi connectivity index (χ4v) is 1.09. The van der Waals surface area contributed by atoms with E-state index in [0.717, 1.165) is 18.8 Å². The van der Waals surface area contributed by atoms with Crippen molar-refractivity contribution in [2.24, 2.45) is 10.9 Å². The third-order valence-electron chi connectivity index (χ3n) is 1.85. The van der Waals surface area contributed by atoms with Crippen molar-refractivity contribution < 1.29 is 0 Å². The van der Waals surface area contributed by atoms with E-state index in [9.17, 15) is 0 Å². The maximum Gasteiger partial charge on any atom is 0.0258 e. The van der Waals surface area contributed by atoms with Crippen molar-refractivity contribution in [1.29, 1.82) is 0 Å². The average molecular weight is 123 g/mol. The summed E-state index contributed by atoms with van der Waals surface area (Å²) in [5, 5.41) is 0. The average Bonchev–Trinajstić information content (AvgIpc) is 1.89. The second-order valence-corrected chi connectivity index (χ2v) is 2.53. The first kappa shape index (κ1) is 6.53. The molecule has 0 amide bonds. The second-order valence-electron chi connectivity index (χ2n) is 2.53. The second kappa shape index (κ2) is 2.81. The van der Waals surface area contributed by atoms with Crippen LogP contribution in [0.25, 0.3) is 0 Å². The molecule has 1 unspecified atom stereocenters. The van der Waals surface area contributed by atoms with Gasteiger partial charge in [-0.3, -0.25) is 4.99 Å². The van der Waals surface area contributed by atoms with E-state index in [-0.39, 0.29) is 0 Å². The largest absolute Gasteiger partial charge is 0.269 e. The molecular formula is C8H13N. The Labute approximate surface area is 56.5 Å². The summed E-state index contributed by atoms with van der Waals surface area (Å²) in [6, 6.07) is 0. The molecule has 1 nitrogen and oxygen atoms in total. The summed E-state index contributed by atoms with van der Waals surface area (Å²) in [7, 11) is 0. The topological polar surface area (TPSA) is 12.4 Å². The van der Waals surface area contributed by atoms with Crippen molar-refractivity contribution in [3.8, 4) is 0 Å². The zero-order valence-corrected chi connectivity index (χ0v) is 6.09. The normalized spacial score (nSPS) is 26.0. The van der Waals surface area contributed by atoms with Gasteiger partial charge in [0.1, 0.15) is 0 Å². The molecule has 0 saturated carbocycles. The first-order chi connectivity index (χ1) is 4.34. The lowest BCUT2D eigenvalue weighted by Crippen LogP contribution is -2.02. The van der Waals surface area contributed by atoms with Gasteiger partial charge in [-0.15, -0.1) is 0 Å². The highest BCUT2D eigenvalue weighted by Crippen LogP contribution is 2.19. The molecule has 1 rings (SSSR count). The number of hydrogen-bond donors (Lipinski definition) is 0. The lowest BCUT2D eigenvalue weighted by atomic mass is 9.96. The Balaban J connectivity index is 2.63. The summed E-state index contributed by atoms with van der Waals surface area (Å²) < 4.78 is 0. The van der Waals surface area contributed by atoms with E-state index < -0.39 is 0 Å². The Bertz CT molecular complexity index is 145. The van der Waals surface area contributed by atoms with Gasteiger partial charge in [0.05, 0.1) is 0 Å². The SMILES string of the molecule is CCC1=CN=CCC1C. The van der Waals surface area contributed by atoms with Gasteiger partial charge in [-0.25, -0.2) is 0 Å². The minimum absolute atomic E-state index is 0.729. The van der Waals surface area contributed by atoms with Gasteiger partial charge in [0, 0.05) is 12.4 Å². The number of rotatable bonds is 1. The van der Waals surface area contributed by atoms with E-state index in [1.165, 1.54) is 5.57 Å². The summed E-state index contributed by atoms with van der Waals surface area (Å²) in [6.07, 6.45) is 6.26. The molecule has 9 heavy (non-hydrogen) atoms. The summed E-state index contributed by atoms with van der Waals surface area (Å²) in [4.78, 5) is 4.09. The van der Waals surface area contributed by atoms with Gasteiger partial charge in [0.2, 0.25) is 0 Å². The molecule has 1 atom stereocenters. The molecule has 1 aliphatic heterocycles. The van der Waals surface area contributed by atoms with Gasteiger partial charge in [0.15, 0.2) is 0 Å². The monoisotopic (exact) mass is 123 g/mol. The van der Waals surface area contributed by atoms with Gasteiger partial charge < -0.3 is 0 Å². The Morgan fingerprint density at radius 2 is 2.56 bits per heavy atom. The summed E-state index contributed by atoms with van der Waals surface area (Å²) >= 11 is 0. The fourth-order valence-electron chi connectivity index (χ4n) is 1.09. The molecule has 0 aromatic carbocycles. The van der Waals surface area contributed by atoms with Crippen molar-refractivity contribution in [2.45, 2.75) is 26.7 Å². The maximum absolute atomic E-state index is 4.09. The highest BCUT2D eigenvalue weighted by molar-refractivity contribution is 5.60. The van der Waals surface area contributed by atoms with E-state index in [2.05, 4.69) is 18.8 Å². The van der Waals surface area contributed by atoms with Gasteiger partial charge in [0.25, 0.3) is 0 Å². The van der Waals surface area contributed by atoms with Crippen LogP contribution in [0.4, 0.5) is 0 Å². The molecule has 1 aliphatic rings. The smallest absolute Gasteiger partial charge is 0.0258 e. The van der Waals surface area contributed by atoms with Crippen LogP contribution in [-0.4, -0.2) is 6.21 Å². The standard InChI is InChI=1S/C8H13N/c1-3-8-6-9-5-4-7(8)2/h5-7H,3-4H2,1-2H3. The third-order valence-corrected chi connectivity index (χ3v) is 1.85. The van der Waals surface area contributed by atoms with E-state index >= 15 is 0 Å². The molecule has 0 aromatic rings. The van der Waals surface area contributed by atoms with Crippen LogP contribution in [0.1, 0.15) is 26.7 Å². The highest BCUT2D eigenvalue weighted by Gasteiger charge is 2.07. The Hall–Kier alpha value is -0.590. The van der Waals surface area contributed by atoms with Gasteiger partial charge in [-0.05, 0) is 24.3 Å². The summed E-state index contributed by atoms with van der Waals surface area (Å²) in [5.41, 5.74) is 1.48. The van der Waals surface area contributed by atoms with Crippen molar-refractivity contribution >= 4 is 6.21 Å². The Kier molecular flexibility index (Phi) is 2.04. The maximum atomic E-state index is 4.09. The van der Waals surface area contributed by atoms with E-state index in [0.29, 0.717) is 0 Å². The molecule has 1 heteroatoms. The zero-order chi connectivity index (χ0) is 6.69. The molecule has 50 valence electrons. The van der Waals surface area contributed by atoms with Crippen LogP contribution >= 0.6 is 0 Å². The zero-order valence-electron chi connectivity index (χ0n) is 6.09. The first-order valence-electron chi connectivity index (χ1n) is 3.55. The van der Waals surface area contributed by atoms with Crippen LogP contribution in [0.15, 0.2) is 16.8 Å². The molecule has 0 aliphatic carbocycles. The molecular weight excluding hydrogens is 110 g/mol. The summed E-state index contributed by atoms with van der Waals surface area (Å²) in [5.74, 6) is 0.729. The van der Waals surface area contributed by atoms with Crippen LogP contribution in [0.3, 0.4) is 0 Å². The van der Waals surface area contributed by atoms with E-state index in [4.69, 9.17) is 0 Å². The molecule has 0 saturated heterocycles. The predicted octanol–water partition coefficient (Wildman–Crippen LogP) is 2.39. The molecule has 0 aromatic heterocycles. The Morgan fingerprint density at radius 1 is 1.78 bits per heavy atom.